The SMILES string of the molecule is CCC(CO)N1CCN(Cc2csc(-c3ccco3)n2)CC1. The molecule has 3 heterocycles. The minimum Gasteiger partial charge on any atom is -0.462 e. The Morgan fingerprint density at radius 3 is 2.82 bits per heavy atom. The van der Waals surface area contributed by atoms with Gasteiger partial charge in [0, 0.05) is 44.1 Å². The maximum Gasteiger partial charge on any atom is 0.162 e. The van der Waals surface area contributed by atoms with Crippen molar-refractivity contribution >= 4 is 11.3 Å². The van der Waals surface area contributed by atoms with Crippen LogP contribution < -0.4 is 0 Å². The van der Waals surface area contributed by atoms with Crippen molar-refractivity contribution in [1.82, 2.24) is 14.8 Å². The minimum atomic E-state index is 0.259. The van der Waals surface area contributed by atoms with Gasteiger partial charge >= 0.3 is 0 Å². The quantitative estimate of drug-likeness (QED) is 0.885. The topological polar surface area (TPSA) is 52.7 Å². The van der Waals surface area contributed by atoms with Crippen LogP contribution in [-0.2, 0) is 6.54 Å². The molecule has 1 atom stereocenters. The van der Waals surface area contributed by atoms with Crippen molar-refractivity contribution < 1.29 is 9.52 Å². The van der Waals surface area contributed by atoms with E-state index in [2.05, 4.69) is 27.1 Å². The highest BCUT2D eigenvalue weighted by Gasteiger charge is 2.22. The molecule has 1 fully saturated rings. The summed E-state index contributed by atoms with van der Waals surface area (Å²) in [6.07, 6.45) is 2.69. The van der Waals surface area contributed by atoms with Crippen LogP contribution in [0.3, 0.4) is 0 Å². The summed E-state index contributed by atoms with van der Waals surface area (Å²) in [7, 11) is 0. The number of furan rings is 1. The van der Waals surface area contributed by atoms with Gasteiger partial charge in [-0.25, -0.2) is 4.98 Å². The van der Waals surface area contributed by atoms with Gasteiger partial charge in [0.05, 0.1) is 18.6 Å². The van der Waals surface area contributed by atoms with Crippen molar-refractivity contribution in [1.29, 1.82) is 0 Å². The molecule has 2 aromatic rings. The van der Waals surface area contributed by atoms with Crippen molar-refractivity contribution in [2.75, 3.05) is 32.8 Å². The van der Waals surface area contributed by atoms with E-state index in [0.29, 0.717) is 6.04 Å². The molecule has 1 aliphatic heterocycles. The minimum absolute atomic E-state index is 0.259. The molecule has 0 amide bonds. The Morgan fingerprint density at radius 1 is 1.36 bits per heavy atom. The zero-order valence-corrected chi connectivity index (χ0v) is 13.8. The van der Waals surface area contributed by atoms with Crippen LogP contribution >= 0.6 is 11.3 Å². The first-order chi connectivity index (χ1) is 10.8. The summed E-state index contributed by atoms with van der Waals surface area (Å²) in [5.41, 5.74) is 1.11. The number of aliphatic hydroxyl groups excluding tert-OH is 1. The summed E-state index contributed by atoms with van der Waals surface area (Å²) >= 11 is 1.63. The van der Waals surface area contributed by atoms with Crippen molar-refractivity contribution in [3.8, 4) is 10.8 Å². The predicted molar refractivity (Wildman–Crippen MR) is 87.8 cm³/mol. The van der Waals surface area contributed by atoms with E-state index in [4.69, 9.17) is 4.42 Å². The molecule has 1 unspecified atom stereocenters. The Labute approximate surface area is 135 Å². The number of piperazine rings is 1. The number of hydrogen-bond acceptors (Lipinski definition) is 6. The van der Waals surface area contributed by atoms with Crippen LogP contribution in [0.25, 0.3) is 10.8 Å². The van der Waals surface area contributed by atoms with Gasteiger partial charge in [0.15, 0.2) is 10.8 Å². The van der Waals surface area contributed by atoms with E-state index in [1.807, 2.05) is 12.1 Å². The van der Waals surface area contributed by atoms with E-state index in [1.165, 1.54) is 0 Å². The molecule has 2 aromatic heterocycles. The van der Waals surface area contributed by atoms with Gasteiger partial charge in [-0.15, -0.1) is 11.3 Å². The van der Waals surface area contributed by atoms with Crippen LogP contribution in [0.4, 0.5) is 0 Å². The molecule has 3 rings (SSSR count). The first kappa shape index (κ1) is 15.7. The highest BCUT2D eigenvalue weighted by atomic mass is 32.1. The molecule has 0 saturated carbocycles. The fourth-order valence-corrected chi connectivity index (χ4v) is 3.69. The molecule has 120 valence electrons. The summed E-state index contributed by atoms with van der Waals surface area (Å²) in [6.45, 7) is 7.39. The van der Waals surface area contributed by atoms with Crippen LogP contribution in [0, 0.1) is 0 Å². The molecule has 1 aliphatic rings. The second-order valence-corrected chi connectivity index (χ2v) is 6.54. The lowest BCUT2D eigenvalue weighted by atomic mass is 10.1. The zero-order chi connectivity index (χ0) is 15.4. The fraction of sp³-hybridized carbons (Fsp3) is 0.562. The molecule has 0 aromatic carbocycles. The predicted octanol–water partition coefficient (Wildman–Crippen LogP) is 2.29. The summed E-state index contributed by atoms with van der Waals surface area (Å²) in [5, 5.41) is 12.5. The number of aliphatic hydroxyl groups is 1. The molecule has 0 bridgehead atoms. The van der Waals surface area contributed by atoms with Crippen LogP contribution in [0.1, 0.15) is 19.0 Å². The molecule has 0 aliphatic carbocycles. The van der Waals surface area contributed by atoms with Gasteiger partial charge in [0.2, 0.25) is 0 Å². The average molecular weight is 321 g/mol. The van der Waals surface area contributed by atoms with Crippen LogP contribution in [0.5, 0.6) is 0 Å². The number of rotatable bonds is 6. The van der Waals surface area contributed by atoms with Crippen LogP contribution in [-0.4, -0.2) is 58.7 Å². The first-order valence-electron chi connectivity index (χ1n) is 7.85. The third-order valence-corrected chi connectivity index (χ3v) is 5.18. The zero-order valence-electron chi connectivity index (χ0n) is 12.9. The van der Waals surface area contributed by atoms with Gasteiger partial charge in [-0.2, -0.15) is 0 Å². The largest absolute Gasteiger partial charge is 0.462 e. The first-order valence-corrected chi connectivity index (χ1v) is 8.73. The highest BCUT2D eigenvalue weighted by Crippen LogP contribution is 2.24. The van der Waals surface area contributed by atoms with Gasteiger partial charge in [-0.05, 0) is 18.6 Å². The monoisotopic (exact) mass is 321 g/mol. The Kier molecular flexibility index (Phi) is 5.25. The summed E-state index contributed by atoms with van der Waals surface area (Å²) in [4.78, 5) is 9.49. The van der Waals surface area contributed by atoms with Gasteiger partial charge < -0.3 is 9.52 Å². The molecule has 6 heteroatoms. The molecule has 0 spiro atoms. The lowest BCUT2D eigenvalue weighted by Crippen LogP contribution is -2.50. The molecule has 5 nitrogen and oxygen atoms in total. The van der Waals surface area contributed by atoms with Crippen molar-refractivity contribution in [2.24, 2.45) is 0 Å². The van der Waals surface area contributed by atoms with E-state index in [-0.39, 0.29) is 6.61 Å². The Bertz CT molecular complexity index is 558. The van der Waals surface area contributed by atoms with Crippen molar-refractivity contribution in [2.45, 2.75) is 25.9 Å². The molecular weight excluding hydrogens is 298 g/mol. The second kappa shape index (κ2) is 7.37. The summed E-state index contributed by atoms with van der Waals surface area (Å²) in [5.74, 6) is 0.842. The molecular formula is C16H23N3O2S. The highest BCUT2D eigenvalue weighted by molar-refractivity contribution is 7.13. The lowest BCUT2D eigenvalue weighted by Gasteiger charge is -2.38. The van der Waals surface area contributed by atoms with E-state index in [0.717, 1.165) is 55.6 Å². The third-order valence-electron chi connectivity index (χ3n) is 4.27. The molecule has 0 radical (unpaired) electrons. The average Bonchev–Trinajstić information content (AvgIpc) is 3.21. The number of nitrogens with zero attached hydrogens (tertiary/aromatic N) is 3. The Balaban J connectivity index is 1.53. The van der Waals surface area contributed by atoms with E-state index >= 15 is 0 Å². The summed E-state index contributed by atoms with van der Waals surface area (Å²) < 4.78 is 5.39. The van der Waals surface area contributed by atoms with Crippen molar-refractivity contribution in [3.63, 3.8) is 0 Å². The molecule has 22 heavy (non-hydrogen) atoms. The Morgan fingerprint density at radius 2 is 2.18 bits per heavy atom. The third kappa shape index (κ3) is 3.57. The van der Waals surface area contributed by atoms with E-state index < -0.39 is 0 Å². The fourth-order valence-electron chi connectivity index (χ4n) is 2.91. The normalized spacial score (nSPS) is 18.6. The maximum atomic E-state index is 9.40. The second-order valence-electron chi connectivity index (χ2n) is 5.68. The van der Waals surface area contributed by atoms with Crippen LogP contribution in [0.15, 0.2) is 28.2 Å². The molecule has 1 N–H and O–H groups in total. The van der Waals surface area contributed by atoms with Gasteiger partial charge in [0.25, 0.3) is 0 Å². The maximum absolute atomic E-state index is 9.40. The number of hydrogen-bond donors (Lipinski definition) is 1. The van der Waals surface area contributed by atoms with E-state index in [9.17, 15) is 5.11 Å². The van der Waals surface area contributed by atoms with E-state index in [1.54, 1.807) is 17.6 Å². The smallest absolute Gasteiger partial charge is 0.162 e. The van der Waals surface area contributed by atoms with Gasteiger partial charge in [-0.1, -0.05) is 6.92 Å². The van der Waals surface area contributed by atoms with Gasteiger partial charge in [0.1, 0.15) is 0 Å². The molecule has 1 saturated heterocycles. The van der Waals surface area contributed by atoms with Gasteiger partial charge in [-0.3, -0.25) is 9.80 Å². The summed E-state index contributed by atoms with van der Waals surface area (Å²) in [6, 6.07) is 4.15. The standard InChI is InChI=1S/C16H23N3O2S/c1-2-14(11-20)19-7-5-18(6-8-19)10-13-12-22-16(17-13)15-4-3-9-21-15/h3-4,9,12,14,20H,2,5-8,10-11H2,1H3. The van der Waals surface area contributed by atoms with Crippen LogP contribution in [0.2, 0.25) is 0 Å². The number of thiazole rings is 1. The Hall–Kier alpha value is -1.21. The lowest BCUT2D eigenvalue weighted by molar-refractivity contribution is 0.0604. The van der Waals surface area contributed by atoms with Crippen molar-refractivity contribution in [3.05, 3.63) is 29.5 Å². The number of aromatic nitrogens is 1.